The molecule has 1 fully saturated rings. The van der Waals surface area contributed by atoms with Crippen LogP contribution in [-0.2, 0) is 22.7 Å². The molecule has 1 aromatic carbocycles. The second kappa shape index (κ2) is 10.5. The number of pyridine rings is 1. The van der Waals surface area contributed by atoms with Gasteiger partial charge in [0.2, 0.25) is 5.88 Å². The first-order valence-corrected chi connectivity index (χ1v) is 11.6. The standard InChI is InChI=1S/C25H33N5O4/c1-25(2,24(32)29-11-9-28(10-12-29)13-14-31)34-23-21-15-19(18-33-3)6-7-22(21)30(27-23)17-20-5-4-8-26-16-20/h4-8,15-16,31H,9-14,17-18H2,1-3H3. The van der Waals surface area contributed by atoms with E-state index in [9.17, 15) is 4.79 Å². The second-order valence-corrected chi connectivity index (χ2v) is 9.08. The number of amides is 1. The van der Waals surface area contributed by atoms with Crippen molar-refractivity contribution in [2.75, 3.05) is 46.4 Å². The number of nitrogens with zero attached hydrogens (tertiary/aromatic N) is 5. The highest BCUT2D eigenvalue weighted by atomic mass is 16.5. The van der Waals surface area contributed by atoms with Gasteiger partial charge in [-0.25, -0.2) is 0 Å². The first-order valence-electron chi connectivity index (χ1n) is 11.6. The zero-order valence-corrected chi connectivity index (χ0v) is 20.1. The molecular formula is C25H33N5O4. The highest BCUT2D eigenvalue weighted by Crippen LogP contribution is 2.30. The fourth-order valence-corrected chi connectivity index (χ4v) is 4.30. The summed E-state index contributed by atoms with van der Waals surface area (Å²) in [5.41, 5.74) is 1.86. The lowest BCUT2D eigenvalue weighted by Gasteiger charge is -2.38. The molecule has 3 aromatic rings. The van der Waals surface area contributed by atoms with E-state index in [2.05, 4.69) is 9.88 Å². The van der Waals surface area contributed by atoms with Crippen LogP contribution in [0.15, 0.2) is 42.7 Å². The number of aromatic nitrogens is 3. The Kier molecular flexibility index (Phi) is 7.45. The fourth-order valence-electron chi connectivity index (χ4n) is 4.30. The van der Waals surface area contributed by atoms with E-state index in [0.29, 0.717) is 38.7 Å². The Hall–Kier alpha value is -3.01. The van der Waals surface area contributed by atoms with E-state index in [1.807, 2.05) is 46.1 Å². The molecule has 0 aliphatic carbocycles. The zero-order valence-electron chi connectivity index (χ0n) is 20.1. The van der Waals surface area contributed by atoms with E-state index < -0.39 is 5.60 Å². The molecular weight excluding hydrogens is 434 g/mol. The minimum Gasteiger partial charge on any atom is -0.460 e. The van der Waals surface area contributed by atoms with Crippen molar-refractivity contribution in [3.05, 3.63) is 53.9 Å². The Labute approximate surface area is 199 Å². The third-order valence-corrected chi connectivity index (χ3v) is 6.09. The van der Waals surface area contributed by atoms with Crippen molar-refractivity contribution < 1.29 is 19.4 Å². The SMILES string of the molecule is COCc1ccc2c(c1)c(OC(C)(C)C(=O)N1CCN(CCO)CC1)nn2Cc1cccnc1. The monoisotopic (exact) mass is 467 g/mol. The lowest BCUT2D eigenvalue weighted by Crippen LogP contribution is -2.56. The number of carbonyl (C=O) groups excluding carboxylic acids is 1. The van der Waals surface area contributed by atoms with Crippen molar-refractivity contribution in [3.8, 4) is 5.88 Å². The number of aliphatic hydroxyl groups excluding tert-OH is 1. The van der Waals surface area contributed by atoms with Gasteiger partial charge in [-0.1, -0.05) is 12.1 Å². The molecule has 0 bridgehead atoms. The molecule has 1 aliphatic heterocycles. The van der Waals surface area contributed by atoms with Gasteiger partial charge >= 0.3 is 0 Å². The molecule has 1 saturated heterocycles. The van der Waals surface area contributed by atoms with Crippen molar-refractivity contribution in [1.82, 2.24) is 24.6 Å². The molecule has 0 spiro atoms. The van der Waals surface area contributed by atoms with Gasteiger partial charge in [-0.2, -0.15) is 0 Å². The lowest BCUT2D eigenvalue weighted by atomic mass is 10.1. The number of aliphatic hydroxyl groups is 1. The summed E-state index contributed by atoms with van der Waals surface area (Å²) in [7, 11) is 1.66. The Balaban J connectivity index is 1.59. The van der Waals surface area contributed by atoms with Crippen LogP contribution in [-0.4, -0.2) is 87.6 Å². The smallest absolute Gasteiger partial charge is 0.266 e. The predicted molar refractivity (Wildman–Crippen MR) is 129 cm³/mol. The van der Waals surface area contributed by atoms with Crippen LogP contribution in [0.2, 0.25) is 0 Å². The van der Waals surface area contributed by atoms with Gasteiger partial charge in [0.05, 0.1) is 30.7 Å². The number of hydrogen-bond acceptors (Lipinski definition) is 7. The maximum Gasteiger partial charge on any atom is 0.266 e. The molecule has 1 N–H and O–H groups in total. The molecule has 2 aromatic heterocycles. The number of ether oxygens (including phenoxy) is 2. The maximum absolute atomic E-state index is 13.4. The molecule has 0 saturated carbocycles. The first-order chi connectivity index (χ1) is 16.4. The van der Waals surface area contributed by atoms with Crippen molar-refractivity contribution in [3.63, 3.8) is 0 Å². The Bertz CT molecular complexity index is 1110. The molecule has 3 heterocycles. The lowest BCUT2D eigenvalue weighted by molar-refractivity contribution is -0.147. The highest BCUT2D eigenvalue weighted by Gasteiger charge is 2.37. The average Bonchev–Trinajstić information content (AvgIpc) is 3.16. The molecule has 9 nitrogen and oxygen atoms in total. The molecule has 34 heavy (non-hydrogen) atoms. The van der Waals surface area contributed by atoms with Crippen LogP contribution < -0.4 is 4.74 Å². The molecule has 0 atom stereocenters. The molecule has 0 unspecified atom stereocenters. The van der Waals surface area contributed by atoms with Crippen molar-refractivity contribution in [2.24, 2.45) is 0 Å². The van der Waals surface area contributed by atoms with Gasteiger partial charge in [0.25, 0.3) is 5.91 Å². The second-order valence-electron chi connectivity index (χ2n) is 9.08. The van der Waals surface area contributed by atoms with E-state index in [1.54, 1.807) is 27.2 Å². The highest BCUT2D eigenvalue weighted by molar-refractivity contribution is 5.88. The van der Waals surface area contributed by atoms with Gasteiger partial charge in [-0.15, -0.1) is 5.10 Å². The van der Waals surface area contributed by atoms with Crippen LogP contribution >= 0.6 is 0 Å². The van der Waals surface area contributed by atoms with E-state index in [-0.39, 0.29) is 12.5 Å². The number of β-amino-alcohol motifs (C(OH)–C–C–N with tert-alkyl or cyclic N) is 1. The van der Waals surface area contributed by atoms with Crippen molar-refractivity contribution >= 4 is 16.8 Å². The van der Waals surface area contributed by atoms with Gasteiger partial charge in [0, 0.05) is 52.2 Å². The van der Waals surface area contributed by atoms with Gasteiger partial charge in [-0.05, 0) is 43.2 Å². The van der Waals surface area contributed by atoms with Crippen molar-refractivity contribution in [1.29, 1.82) is 0 Å². The summed E-state index contributed by atoms with van der Waals surface area (Å²) in [6.07, 6.45) is 3.56. The molecule has 1 aliphatic rings. The molecule has 182 valence electrons. The Morgan fingerprint density at radius 2 is 1.94 bits per heavy atom. The average molecular weight is 468 g/mol. The summed E-state index contributed by atoms with van der Waals surface area (Å²) >= 11 is 0. The topological polar surface area (TPSA) is 93.0 Å². The number of carbonyl (C=O) groups is 1. The Morgan fingerprint density at radius 1 is 1.15 bits per heavy atom. The number of methoxy groups -OCH3 is 1. The number of benzene rings is 1. The number of rotatable bonds is 9. The van der Waals surface area contributed by atoms with Crippen LogP contribution in [0, 0.1) is 0 Å². The summed E-state index contributed by atoms with van der Waals surface area (Å²) in [6, 6.07) is 9.94. The third-order valence-electron chi connectivity index (χ3n) is 6.09. The van der Waals surface area contributed by atoms with Crippen molar-refractivity contribution in [2.45, 2.75) is 32.6 Å². The number of hydrogen-bond donors (Lipinski definition) is 1. The predicted octanol–water partition coefficient (Wildman–Crippen LogP) is 1.92. The summed E-state index contributed by atoms with van der Waals surface area (Å²) in [4.78, 5) is 21.6. The quantitative estimate of drug-likeness (QED) is 0.514. The largest absolute Gasteiger partial charge is 0.460 e. The number of piperazine rings is 1. The summed E-state index contributed by atoms with van der Waals surface area (Å²) < 4.78 is 13.5. The number of fused-ring (bicyclic) bond motifs is 1. The van der Waals surface area contributed by atoms with Crippen LogP contribution in [0.3, 0.4) is 0 Å². The van der Waals surface area contributed by atoms with Crippen LogP contribution in [0.5, 0.6) is 5.88 Å². The minimum atomic E-state index is -1.09. The van der Waals surface area contributed by atoms with Gasteiger partial charge in [0.1, 0.15) is 0 Å². The first kappa shape index (κ1) is 24.1. The van der Waals surface area contributed by atoms with Crippen LogP contribution in [0.4, 0.5) is 0 Å². The molecule has 0 radical (unpaired) electrons. The summed E-state index contributed by atoms with van der Waals surface area (Å²) in [5, 5.41) is 14.8. The molecule has 1 amide bonds. The normalized spacial score (nSPS) is 15.1. The summed E-state index contributed by atoms with van der Waals surface area (Å²) in [6.45, 7) is 8.06. The third kappa shape index (κ3) is 5.38. The van der Waals surface area contributed by atoms with E-state index in [4.69, 9.17) is 19.7 Å². The Morgan fingerprint density at radius 3 is 2.62 bits per heavy atom. The van der Waals surface area contributed by atoms with Crippen LogP contribution in [0.25, 0.3) is 10.9 Å². The fraction of sp³-hybridized carbons (Fsp3) is 0.480. The molecule has 4 rings (SSSR count). The zero-order chi connectivity index (χ0) is 24.1. The maximum atomic E-state index is 13.4. The van der Waals surface area contributed by atoms with E-state index in [0.717, 1.165) is 35.1 Å². The van der Waals surface area contributed by atoms with Gasteiger partial charge < -0.3 is 19.5 Å². The van der Waals surface area contributed by atoms with E-state index in [1.165, 1.54) is 0 Å². The van der Waals surface area contributed by atoms with Gasteiger partial charge in [0.15, 0.2) is 5.60 Å². The summed E-state index contributed by atoms with van der Waals surface area (Å²) in [5.74, 6) is 0.355. The minimum absolute atomic E-state index is 0.0702. The van der Waals surface area contributed by atoms with E-state index >= 15 is 0 Å². The molecule has 9 heteroatoms. The van der Waals surface area contributed by atoms with Crippen LogP contribution in [0.1, 0.15) is 25.0 Å². The van der Waals surface area contributed by atoms with Gasteiger partial charge in [-0.3, -0.25) is 19.4 Å².